The van der Waals surface area contributed by atoms with Crippen molar-refractivity contribution in [3.05, 3.63) is 102 Å². The van der Waals surface area contributed by atoms with Gasteiger partial charge in [0.2, 0.25) is 5.78 Å². The summed E-state index contributed by atoms with van der Waals surface area (Å²) in [4.78, 5) is 12.7. The number of carbonyl (C=O) groups excluding carboxylic acids is 1. The van der Waals surface area contributed by atoms with Gasteiger partial charge in [-0.2, -0.15) is 8.78 Å². The van der Waals surface area contributed by atoms with Crippen LogP contribution < -0.4 is 9.47 Å². The van der Waals surface area contributed by atoms with Crippen LogP contribution in [-0.4, -0.2) is 25.9 Å². The van der Waals surface area contributed by atoms with Gasteiger partial charge in [0.25, 0.3) is 0 Å². The minimum atomic E-state index is -3.64. The van der Waals surface area contributed by atoms with Crippen molar-refractivity contribution in [2.24, 2.45) is 0 Å². The third-order valence-corrected chi connectivity index (χ3v) is 4.80. The lowest BCUT2D eigenvalue weighted by atomic mass is 9.87. The molecule has 0 aliphatic rings. The molecule has 3 nitrogen and oxygen atoms in total. The number of ether oxygens (including phenoxy) is 2. The minimum Gasteiger partial charge on any atom is -0.497 e. The Balaban J connectivity index is 1.99. The van der Waals surface area contributed by atoms with E-state index in [1.54, 1.807) is 79.9 Å². The van der Waals surface area contributed by atoms with Crippen molar-refractivity contribution < 1.29 is 23.0 Å². The highest BCUT2D eigenvalue weighted by Crippen LogP contribution is 2.38. The number of alkyl halides is 2. The van der Waals surface area contributed by atoms with Gasteiger partial charge in [-0.05, 0) is 35.4 Å². The van der Waals surface area contributed by atoms with Gasteiger partial charge in [0.1, 0.15) is 11.5 Å². The average molecular weight is 408 g/mol. The van der Waals surface area contributed by atoms with Gasteiger partial charge in [-0.25, -0.2) is 0 Å². The highest BCUT2D eigenvalue weighted by atomic mass is 19.3. The van der Waals surface area contributed by atoms with Gasteiger partial charge in [0, 0.05) is 5.56 Å². The van der Waals surface area contributed by atoms with Crippen molar-refractivity contribution in [3.8, 4) is 11.5 Å². The number of hydrogen-bond acceptors (Lipinski definition) is 3. The molecule has 3 rings (SSSR count). The van der Waals surface area contributed by atoms with Crippen molar-refractivity contribution in [3.63, 3.8) is 0 Å². The highest BCUT2D eigenvalue weighted by molar-refractivity contribution is 6.02. The van der Waals surface area contributed by atoms with Crippen LogP contribution >= 0.6 is 0 Å². The molecule has 3 aromatic carbocycles. The van der Waals surface area contributed by atoms with Crippen molar-refractivity contribution in [1.82, 2.24) is 0 Å². The van der Waals surface area contributed by atoms with Gasteiger partial charge in [0.05, 0.1) is 20.1 Å². The van der Waals surface area contributed by atoms with Crippen LogP contribution in [0.25, 0.3) is 6.08 Å². The number of rotatable bonds is 8. The molecule has 0 aliphatic carbocycles. The quantitative estimate of drug-likeness (QED) is 0.428. The standard InChI is InChI=1S/C25H22F2O3/c1-29-21-13-8-18(9-14-21)10-17-23(19-11-15-22(30-2)16-12-19)25(26,27)24(28)20-6-4-3-5-7-20/h3-17,23H,1-2H3/b17-10+. The second-order valence-electron chi connectivity index (χ2n) is 6.70. The van der Waals surface area contributed by atoms with E-state index in [1.807, 2.05) is 0 Å². The number of allylic oxidation sites excluding steroid dienone is 1. The zero-order chi connectivity index (χ0) is 21.6. The van der Waals surface area contributed by atoms with E-state index in [0.29, 0.717) is 17.1 Å². The summed E-state index contributed by atoms with van der Waals surface area (Å²) < 4.78 is 41.0. The van der Waals surface area contributed by atoms with Crippen LogP contribution in [0.5, 0.6) is 11.5 Å². The van der Waals surface area contributed by atoms with E-state index in [0.717, 1.165) is 5.56 Å². The lowest BCUT2D eigenvalue weighted by molar-refractivity contribution is 0.00125. The summed E-state index contributed by atoms with van der Waals surface area (Å²) in [5, 5.41) is 0. The third kappa shape index (κ3) is 4.74. The Labute approximate surface area is 174 Å². The van der Waals surface area contributed by atoms with E-state index in [4.69, 9.17) is 9.47 Å². The second-order valence-corrected chi connectivity index (χ2v) is 6.70. The maximum atomic E-state index is 15.4. The molecule has 0 N–H and O–H groups in total. The molecule has 154 valence electrons. The van der Waals surface area contributed by atoms with Gasteiger partial charge in [-0.15, -0.1) is 0 Å². The van der Waals surface area contributed by atoms with Crippen LogP contribution in [-0.2, 0) is 0 Å². The maximum absolute atomic E-state index is 15.4. The van der Waals surface area contributed by atoms with Crippen molar-refractivity contribution in [2.75, 3.05) is 14.2 Å². The molecule has 5 heteroatoms. The monoisotopic (exact) mass is 408 g/mol. The van der Waals surface area contributed by atoms with Gasteiger partial charge in [-0.3, -0.25) is 4.79 Å². The Kier molecular flexibility index (Phi) is 6.62. The summed E-state index contributed by atoms with van der Waals surface area (Å²) in [5.41, 5.74) is 1.01. The van der Waals surface area contributed by atoms with E-state index in [2.05, 4.69) is 0 Å². The van der Waals surface area contributed by atoms with Crippen LogP contribution in [0.2, 0.25) is 0 Å². The molecule has 0 amide bonds. The van der Waals surface area contributed by atoms with Crippen LogP contribution in [0.15, 0.2) is 84.9 Å². The van der Waals surface area contributed by atoms with E-state index in [-0.39, 0.29) is 5.56 Å². The Hall–Kier alpha value is -3.47. The molecule has 0 aromatic heterocycles. The smallest absolute Gasteiger partial charge is 0.319 e. The van der Waals surface area contributed by atoms with Crippen molar-refractivity contribution >= 4 is 11.9 Å². The first kappa shape index (κ1) is 21.2. The molecule has 0 aliphatic heterocycles. The van der Waals surface area contributed by atoms with Gasteiger partial charge in [0.15, 0.2) is 0 Å². The molecule has 1 atom stereocenters. The molecule has 0 fully saturated rings. The first-order chi connectivity index (χ1) is 14.5. The number of methoxy groups -OCH3 is 2. The summed E-state index contributed by atoms with van der Waals surface area (Å²) in [7, 11) is 3.06. The molecular weight excluding hydrogens is 386 g/mol. The summed E-state index contributed by atoms with van der Waals surface area (Å²) in [6.07, 6.45) is 2.95. The molecular formula is C25H22F2O3. The maximum Gasteiger partial charge on any atom is 0.319 e. The number of benzene rings is 3. The summed E-state index contributed by atoms with van der Waals surface area (Å²) in [6, 6.07) is 20.9. The van der Waals surface area contributed by atoms with E-state index >= 15 is 8.78 Å². The SMILES string of the molecule is COc1ccc(/C=C/C(c2ccc(OC)cc2)C(F)(F)C(=O)c2ccccc2)cc1. The molecule has 0 bridgehead atoms. The highest BCUT2D eigenvalue weighted by Gasteiger charge is 2.46. The molecule has 0 heterocycles. The molecule has 3 aromatic rings. The van der Waals surface area contributed by atoms with E-state index in [1.165, 1.54) is 25.3 Å². The van der Waals surface area contributed by atoms with Crippen LogP contribution in [0.4, 0.5) is 8.78 Å². The number of hydrogen-bond donors (Lipinski definition) is 0. The van der Waals surface area contributed by atoms with Crippen molar-refractivity contribution in [1.29, 1.82) is 0 Å². The zero-order valence-corrected chi connectivity index (χ0v) is 16.7. The Morgan fingerprint density at radius 1 is 0.833 bits per heavy atom. The molecule has 0 saturated heterocycles. The Morgan fingerprint density at radius 2 is 1.37 bits per heavy atom. The largest absolute Gasteiger partial charge is 0.497 e. The second kappa shape index (κ2) is 9.35. The fourth-order valence-electron chi connectivity index (χ4n) is 3.10. The van der Waals surface area contributed by atoms with Crippen LogP contribution in [0.3, 0.4) is 0 Å². The number of Topliss-reactive ketones (excluding diaryl/α,β-unsaturated/α-hetero) is 1. The van der Waals surface area contributed by atoms with E-state index in [9.17, 15) is 4.79 Å². The first-order valence-corrected chi connectivity index (χ1v) is 9.39. The molecule has 0 radical (unpaired) electrons. The van der Waals surface area contributed by atoms with Gasteiger partial charge >= 0.3 is 5.92 Å². The summed E-state index contributed by atoms with van der Waals surface area (Å²) in [6.45, 7) is 0. The number of ketones is 1. The minimum absolute atomic E-state index is 0.0288. The fraction of sp³-hybridized carbons (Fsp3) is 0.160. The van der Waals surface area contributed by atoms with Gasteiger partial charge in [-0.1, -0.05) is 66.7 Å². The van der Waals surface area contributed by atoms with E-state index < -0.39 is 17.6 Å². The summed E-state index contributed by atoms with van der Waals surface area (Å²) >= 11 is 0. The predicted octanol–water partition coefficient (Wildman–Crippen LogP) is 6.02. The average Bonchev–Trinajstić information content (AvgIpc) is 2.80. The molecule has 1 unspecified atom stereocenters. The normalized spacial score (nSPS) is 12.5. The molecule has 30 heavy (non-hydrogen) atoms. The molecule has 0 spiro atoms. The van der Waals surface area contributed by atoms with Crippen LogP contribution in [0, 0.1) is 0 Å². The molecule has 0 saturated carbocycles. The predicted molar refractivity (Wildman–Crippen MR) is 113 cm³/mol. The van der Waals surface area contributed by atoms with Crippen molar-refractivity contribution in [2.45, 2.75) is 11.8 Å². The Bertz CT molecular complexity index is 995. The summed E-state index contributed by atoms with van der Waals surface area (Å²) in [5.74, 6) is -5.09. The number of halogens is 2. The lowest BCUT2D eigenvalue weighted by Gasteiger charge is -2.24. The third-order valence-electron chi connectivity index (χ3n) is 4.80. The zero-order valence-electron chi connectivity index (χ0n) is 16.7. The van der Waals surface area contributed by atoms with Crippen LogP contribution in [0.1, 0.15) is 27.4 Å². The fourth-order valence-corrected chi connectivity index (χ4v) is 3.10. The first-order valence-electron chi connectivity index (χ1n) is 9.39. The van der Waals surface area contributed by atoms with Gasteiger partial charge < -0.3 is 9.47 Å². The number of carbonyl (C=O) groups is 1. The lowest BCUT2D eigenvalue weighted by Crippen LogP contribution is -2.35. The Morgan fingerprint density at radius 3 is 1.90 bits per heavy atom. The topological polar surface area (TPSA) is 35.5 Å².